The molecule has 1 aromatic heterocycles. The molecule has 0 aliphatic carbocycles. The SMILES string of the molecule is COc1cc(C)c(/C(O)=C2\C(=O)C(=O)N(c3ccc(C)cc3)C2c2ccccn2)cc1C(C)C. The number of nitrogens with zero attached hydrogens (tertiary/aromatic N) is 2. The van der Waals surface area contributed by atoms with E-state index < -0.39 is 17.7 Å². The van der Waals surface area contributed by atoms with E-state index in [1.165, 1.54) is 4.90 Å². The number of pyridine rings is 1. The Kier molecular flexibility index (Phi) is 6.24. The smallest absolute Gasteiger partial charge is 0.300 e. The monoisotopic (exact) mass is 456 g/mol. The molecule has 1 fully saturated rings. The van der Waals surface area contributed by atoms with Gasteiger partial charge in [-0.1, -0.05) is 37.6 Å². The molecule has 4 rings (SSSR count). The van der Waals surface area contributed by atoms with E-state index in [0.29, 0.717) is 22.7 Å². The van der Waals surface area contributed by atoms with E-state index in [4.69, 9.17) is 4.74 Å². The summed E-state index contributed by atoms with van der Waals surface area (Å²) in [5.74, 6) is -0.814. The van der Waals surface area contributed by atoms with Crippen LogP contribution in [-0.4, -0.2) is 28.9 Å². The third kappa shape index (κ3) is 3.96. The summed E-state index contributed by atoms with van der Waals surface area (Å²) in [5.41, 5.74) is 4.25. The molecule has 34 heavy (non-hydrogen) atoms. The normalized spacial score (nSPS) is 17.5. The highest BCUT2D eigenvalue weighted by Crippen LogP contribution is 2.42. The third-order valence-corrected chi connectivity index (χ3v) is 6.18. The number of aliphatic hydroxyl groups excluding tert-OH is 1. The molecule has 0 saturated carbocycles. The second kappa shape index (κ2) is 9.14. The lowest BCUT2D eigenvalue weighted by Crippen LogP contribution is -2.29. The predicted octanol–water partition coefficient (Wildman–Crippen LogP) is 5.46. The van der Waals surface area contributed by atoms with Gasteiger partial charge in [0.1, 0.15) is 17.6 Å². The number of carbonyl (C=O) groups excluding carboxylic acids is 2. The Morgan fingerprint density at radius 1 is 1.06 bits per heavy atom. The fourth-order valence-corrected chi connectivity index (χ4v) is 4.35. The van der Waals surface area contributed by atoms with Crippen molar-refractivity contribution in [2.75, 3.05) is 12.0 Å². The second-order valence-electron chi connectivity index (χ2n) is 8.82. The number of hydrogen-bond donors (Lipinski definition) is 1. The first kappa shape index (κ1) is 23.2. The summed E-state index contributed by atoms with van der Waals surface area (Å²) < 4.78 is 5.52. The zero-order valence-electron chi connectivity index (χ0n) is 20.0. The molecule has 6 nitrogen and oxygen atoms in total. The topological polar surface area (TPSA) is 79.7 Å². The molecule has 1 aliphatic heterocycles. The van der Waals surface area contributed by atoms with Gasteiger partial charge in [-0.2, -0.15) is 0 Å². The molecule has 6 heteroatoms. The number of benzene rings is 2. The minimum Gasteiger partial charge on any atom is -0.507 e. The van der Waals surface area contributed by atoms with Crippen molar-refractivity contribution in [3.05, 3.63) is 94.3 Å². The van der Waals surface area contributed by atoms with Gasteiger partial charge in [0.15, 0.2) is 0 Å². The van der Waals surface area contributed by atoms with Crippen molar-refractivity contribution in [3.63, 3.8) is 0 Å². The van der Waals surface area contributed by atoms with Gasteiger partial charge in [-0.3, -0.25) is 19.5 Å². The van der Waals surface area contributed by atoms with E-state index >= 15 is 0 Å². The quantitative estimate of drug-likeness (QED) is 0.313. The van der Waals surface area contributed by atoms with E-state index in [-0.39, 0.29) is 17.3 Å². The molecule has 174 valence electrons. The van der Waals surface area contributed by atoms with Crippen molar-refractivity contribution in [2.24, 2.45) is 0 Å². The molecule has 1 unspecified atom stereocenters. The number of aromatic nitrogens is 1. The number of methoxy groups -OCH3 is 1. The lowest BCUT2D eigenvalue weighted by molar-refractivity contribution is -0.132. The van der Waals surface area contributed by atoms with E-state index in [9.17, 15) is 14.7 Å². The number of aryl methyl sites for hydroxylation is 2. The molecule has 2 aromatic carbocycles. The molecule has 1 aliphatic rings. The van der Waals surface area contributed by atoms with Crippen molar-refractivity contribution in [2.45, 2.75) is 39.7 Å². The number of hydrogen-bond acceptors (Lipinski definition) is 5. The van der Waals surface area contributed by atoms with Gasteiger partial charge >= 0.3 is 0 Å². The molecule has 3 aromatic rings. The number of ketones is 1. The van der Waals surface area contributed by atoms with Crippen LogP contribution >= 0.6 is 0 Å². The fourth-order valence-electron chi connectivity index (χ4n) is 4.35. The molecule has 0 bridgehead atoms. The maximum Gasteiger partial charge on any atom is 0.300 e. The predicted molar refractivity (Wildman–Crippen MR) is 132 cm³/mol. The van der Waals surface area contributed by atoms with Crippen LogP contribution in [0.15, 0.2) is 66.4 Å². The fraction of sp³-hybridized carbons (Fsp3) is 0.250. The summed E-state index contributed by atoms with van der Waals surface area (Å²) in [6.07, 6.45) is 1.61. The van der Waals surface area contributed by atoms with E-state index in [2.05, 4.69) is 4.98 Å². The van der Waals surface area contributed by atoms with Crippen LogP contribution in [0.4, 0.5) is 5.69 Å². The standard InChI is InChI=1S/C28H28N2O4/c1-16(2)20-15-21(18(4)14-23(20)34-5)26(31)24-25(22-8-6-7-13-29-22)30(28(33)27(24)32)19-11-9-17(3)10-12-19/h6-16,25,31H,1-5H3/b26-24+. The minimum absolute atomic E-state index is 0.0206. The maximum absolute atomic E-state index is 13.3. The van der Waals surface area contributed by atoms with Crippen LogP contribution < -0.4 is 9.64 Å². The molecular weight excluding hydrogens is 428 g/mol. The van der Waals surface area contributed by atoms with E-state index in [1.54, 1.807) is 43.6 Å². The average molecular weight is 457 g/mol. The highest BCUT2D eigenvalue weighted by Gasteiger charge is 2.47. The van der Waals surface area contributed by atoms with Crippen molar-refractivity contribution >= 4 is 23.1 Å². The van der Waals surface area contributed by atoms with Gasteiger partial charge in [0, 0.05) is 17.4 Å². The zero-order chi connectivity index (χ0) is 24.6. The summed E-state index contributed by atoms with van der Waals surface area (Å²) in [6.45, 7) is 7.85. The summed E-state index contributed by atoms with van der Waals surface area (Å²) in [5, 5.41) is 11.5. The first-order valence-electron chi connectivity index (χ1n) is 11.2. The Bertz CT molecular complexity index is 1280. The second-order valence-corrected chi connectivity index (χ2v) is 8.82. The van der Waals surface area contributed by atoms with Gasteiger partial charge in [0.2, 0.25) is 0 Å². The minimum atomic E-state index is -0.854. The van der Waals surface area contributed by atoms with Gasteiger partial charge in [-0.15, -0.1) is 0 Å². The Morgan fingerprint density at radius 2 is 1.76 bits per heavy atom. The molecule has 0 radical (unpaired) electrons. The molecule has 1 amide bonds. The number of ether oxygens (including phenoxy) is 1. The number of rotatable bonds is 5. The molecule has 0 spiro atoms. The van der Waals surface area contributed by atoms with Crippen LogP contribution in [0, 0.1) is 13.8 Å². The highest BCUT2D eigenvalue weighted by atomic mass is 16.5. The van der Waals surface area contributed by atoms with Crippen LogP contribution in [-0.2, 0) is 9.59 Å². The average Bonchev–Trinajstić information content (AvgIpc) is 3.09. The molecular formula is C28H28N2O4. The van der Waals surface area contributed by atoms with Gasteiger partial charge in [0.25, 0.3) is 11.7 Å². The third-order valence-electron chi connectivity index (χ3n) is 6.18. The number of amides is 1. The first-order valence-corrected chi connectivity index (χ1v) is 11.2. The summed E-state index contributed by atoms with van der Waals surface area (Å²) in [4.78, 5) is 32.5. The van der Waals surface area contributed by atoms with E-state index in [1.807, 2.05) is 52.0 Å². The number of aliphatic hydroxyl groups is 1. The van der Waals surface area contributed by atoms with Crippen molar-refractivity contribution in [1.29, 1.82) is 0 Å². The molecule has 1 saturated heterocycles. The highest BCUT2D eigenvalue weighted by molar-refractivity contribution is 6.51. The lowest BCUT2D eigenvalue weighted by Gasteiger charge is -2.25. The number of anilines is 1. The molecule has 2 heterocycles. The number of Topliss-reactive ketones (excluding diaryl/α,β-unsaturated/α-hetero) is 1. The van der Waals surface area contributed by atoms with Gasteiger partial charge in [-0.25, -0.2) is 0 Å². The summed E-state index contributed by atoms with van der Waals surface area (Å²) in [6, 6.07) is 15.5. The Labute approximate surface area is 199 Å². The number of carbonyl (C=O) groups is 2. The van der Waals surface area contributed by atoms with Crippen LogP contribution in [0.5, 0.6) is 5.75 Å². The Balaban J connectivity index is 1.97. The van der Waals surface area contributed by atoms with Gasteiger partial charge in [0.05, 0.1) is 18.4 Å². The summed E-state index contributed by atoms with van der Waals surface area (Å²) in [7, 11) is 1.61. The van der Waals surface area contributed by atoms with Crippen molar-refractivity contribution in [3.8, 4) is 5.75 Å². The van der Waals surface area contributed by atoms with Crippen LogP contribution in [0.25, 0.3) is 5.76 Å². The molecule has 1 N–H and O–H groups in total. The lowest BCUT2D eigenvalue weighted by atomic mass is 9.92. The van der Waals surface area contributed by atoms with Crippen molar-refractivity contribution < 1.29 is 19.4 Å². The zero-order valence-corrected chi connectivity index (χ0v) is 20.0. The Morgan fingerprint density at radius 3 is 2.35 bits per heavy atom. The van der Waals surface area contributed by atoms with Crippen molar-refractivity contribution in [1.82, 2.24) is 4.98 Å². The Hall–Kier alpha value is -3.93. The molecule has 1 atom stereocenters. The maximum atomic E-state index is 13.3. The first-order chi connectivity index (χ1) is 16.2. The van der Waals surface area contributed by atoms with Crippen LogP contribution in [0.1, 0.15) is 53.8 Å². The summed E-state index contributed by atoms with van der Waals surface area (Å²) >= 11 is 0. The van der Waals surface area contributed by atoms with Gasteiger partial charge < -0.3 is 9.84 Å². The van der Waals surface area contributed by atoms with Crippen LogP contribution in [0.3, 0.4) is 0 Å². The van der Waals surface area contributed by atoms with E-state index in [0.717, 1.165) is 16.7 Å². The van der Waals surface area contributed by atoms with Crippen LogP contribution in [0.2, 0.25) is 0 Å². The van der Waals surface area contributed by atoms with Gasteiger partial charge in [-0.05, 0) is 67.3 Å². The largest absolute Gasteiger partial charge is 0.507 e.